The Kier molecular flexibility index (Phi) is 7.39. The molecule has 6 rings (SSSR count). The molecule has 3 aliphatic rings. The van der Waals surface area contributed by atoms with E-state index in [2.05, 4.69) is 125 Å². The van der Waals surface area contributed by atoms with E-state index in [9.17, 15) is 0 Å². The first-order chi connectivity index (χ1) is 19.1. The van der Waals surface area contributed by atoms with Gasteiger partial charge in [-0.3, -0.25) is 4.90 Å². The van der Waals surface area contributed by atoms with Gasteiger partial charge in [-0.2, -0.15) is 0 Å². The second-order valence-corrected chi connectivity index (χ2v) is 11.4. The van der Waals surface area contributed by atoms with Crippen LogP contribution in [-0.2, 0) is 15.1 Å². The molecule has 0 saturated carbocycles. The van der Waals surface area contributed by atoms with Crippen LogP contribution in [0.4, 0.5) is 0 Å². The largest absolute Gasteiger partial charge is 0.481 e. The second kappa shape index (κ2) is 11.1. The molecule has 0 radical (unpaired) electrons. The lowest BCUT2D eigenvalue weighted by Gasteiger charge is -2.43. The molecule has 3 aromatic carbocycles. The first-order valence-electron chi connectivity index (χ1n) is 13.5. The van der Waals surface area contributed by atoms with Crippen LogP contribution >= 0.6 is 15.9 Å². The minimum Gasteiger partial charge on any atom is -0.481 e. The molecule has 4 nitrogen and oxygen atoms in total. The minimum absolute atomic E-state index is 0.0962. The summed E-state index contributed by atoms with van der Waals surface area (Å²) in [4.78, 5) is 7.39. The van der Waals surface area contributed by atoms with Crippen LogP contribution in [0.25, 0.3) is 10.8 Å². The zero-order chi connectivity index (χ0) is 26.8. The van der Waals surface area contributed by atoms with Gasteiger partial charge in [0.1, 0.15) is 12.3 Å². The van der Waals surface area contributed by atoms with Crippen molar-refractivity contribution in [3.05, 3.63) is 130 Å². The fraction of sp³-hybridized carbons (Fsp3) is 0.265. The first-order valence-corrected chi connectivity index (χ1v) is 14.3. The SMILES string of the molecule is COC1=NC2C=CC=C(Br)C=C2C=C1C(c1ccccc1)[C@]1(c2cccc3ccccc23)CCCN(C)CO1. The molecule has 3 aromatic rings. The molecule has 5 heteroatoms. The predicted molar refractivity (Wildman–Crippen MR) is 163 cm³/mol. The predicted octanol–water partition coefficient (Wildman–Crippen LogP) is 7.65. The van der Waals surface area contributed by atoms with E-state index in [4.69, 9.17) is 14.5 Å². The third kappa shape index (κ3) is 4.95. The number of aliphatic imine (C=N–C) groups is 1. The van der Waals surface area contributed by atoms with E-state index in [1.165, 1.54) is 21.9 Å². The van der Waals surface area contributed by atoms with Crippen LogP contribution < -0.4 is 0 Å². The van der Waals surface area contributed by atoms with Gasteiger partial charge >= 0.3 is 0 Å². The quantitative estimate of drug-likeness (QED) is 0.318. The molecule has 1 fully saturated rings. The molecule has 39 heavy (non-hydrogen) atoms. The van der Waals surface area contributed by atoms with Crippen LogP contribution in [0, 0.1) is 0 Å². The van der Waals surface area contributed by atoms with Crippen molar-refractivity contribution in [2.24, 2.45) is 4.99 Å². The normalized spacial score (nSPS) is 24.4. The summed E-state index contributed by atoms with van der Waals surface area (Å²) < 4.78 is 14.2. The number of rotatable bonds is 4. The Bertz CT molecular complexity index is 1520. The Balaban J connectivity index is 1.64. The van der Waals surface area contributed by atoms with Gasteiger partial charge in [0.2, 0.25) is 5.90 Å². The number of methoxy groups -OCH3 is 1. The molecule has 3 atom stereocenters. The zero-order valence-corrected chi connectivity index (χ0v) is 24.0. The number of hydrogen-bond donors (Lipinski definition) is 0. The van der Waals surface area contributed by atoms with Crippen molar-refractivity contribution in [1.82, 2.24) is 4.90 Å². The molecule has 2 aliphatic heterocycles. The van der Waals surface area contributed by atoms with Crippen LogP contribution in [0.3, 0.4) is 0 Å². The molecular weight excluding hydrogens is 548 g/mol. The van der Waals surface area contributed by atoms with Gasteiger partial charge in [-0.25, -0.2) is 4.99 Å². The number of nitrogens with zero attached hydrogens (tertiary/aromatic N) is 2. The van der Waals surface area contributed by atoms with E-state index >= 15 is 0 Å². The fourth-order valence-corrected chi connectivity index (χ4v) is 6.65. The van der Waals surface area contributed by atoms with Crippen LogP contribution in [-0.4, -0.2) is 44.3 Å². The highest BCUT2D eigenvalue weighted by Gasteiger charge is 2.48. The molecule has 0 aromatic heterocycles. The summed E-state index contributed by atoms with van der Waals surface area (Å²) in [5, 5.41) is 2.43. The smallest absolute Gasteiger partial charge is 0.213 e. The first kappa shape index (κ1) is 26.0. The van der Waals surface area contributed by atoms with Crippen LogP contribution in [0.2, 0.25) is 0 Å². The van der Waals surface area contributed by atoms with Gasteiger partial charge in [0.15, 0.2) is 0 Å². The van der Waals surface area contributed by atoms with Crippen molar-refractivity contribution < 1.29 is 9.47 Å². The number of fused-ring (bicyclic) bond motifs is 2. The third-order valence-electron chi connectivity index (χ3n) is 8.00. The van der Waals surface area contributed by atoms with Crippen molar-refractivity contribution in [1.29, 1.82) is 0 Å². The van der Waals surface area contributed by atoms with E-state index in [1.807, 2.05) is 6.08 Å². The lowest BCUT2D eigenvalue weighted by atomic mass is 9.69. The number of halogens is 1. The average Bonchev–Trinajstić information content (AvgIpc) is 3.27. The van der Waals surface area contributed by atoms with E-state index in [0.717, 1.165) is 35.0 Å². The summed E-state index contributed by atoms with van der Waals surface area (Å²) >= 11 is 3.70. The maximum absolute atomic E-state index is 7.16. The molecular formula is C34H33BrN2O2. The van der Waals surface area contributed by atoms with E-state index < -0.39 is 5.60 Å². The van der Waals surface area contributed by atoms with Crippen LogP contribution in [0.1, 0.15) is 29.9 Å². The van der Waals surface area contributed by atoms with Crippen molar-refractivity contribution in [2.45, 2.75) is 30.4 Å². The molecule has 1 saturated heterocycles. The molecule has 1 aliphatic carbocycles. The Morgan fingerprint density at radius 3 is 2.67 bits per heavy atom. The van der Waals surface area contributed by atoms with Gasteiger partial charge in [0, 0.05) is 22.5 Å². The summed E-state index contributed by atoms with van der Waals surface area (Å²) in [6.07, 6.45) is 12.5. The number of dihydropyridines is 1. The fourth-order valence-electron chi connectivity index (χ4n) is 6.23. The highest BCUT2D eigenvalue weighted by atomic mass is 79.9. The summed E-state index contributed by atoms with van der Waals surface area (Å²) in [5.41, 5.74) is 3.92. The Morgan fingerprint density at radius 2 is 1.82 bits per heavy atom. The van der Waals surface area contributed by atoms with Crippen molar-refractivity contribution >= 4 is 32.6 Å². The summed E-state index contributed by atoms with van der Waals surface area (Å²) in [5.74, 6) is 0.515. The molecule has 0 amide bonds. The maximum Gasteiger partial charge on any atom is 0.213 e. The molecule has 0 bridgehead atoms. The van der Waals surface area contributed by atoms with Gasteiger partial charge in [0.05, 0.1) is 13.2 Å². The van der Waals surface area contributed by atoms with Gasteiger partial charge in [0.25, 0.3) is 0 Å². The lowest BCUT2D eigenvalue weighted by molar-refractivity contribution is -0.0900. The van der Waals surface area contributed by atoms with Crippen molar-refractivity contribution in [3.8, 4) is 0 Å². The molecule has 0 N–H and O–H groups in total. The zero-order valence-electron chi connectivity index (χ0n) is 22.4. The Labute approximate surface area is 239 Å². The van der Waals surface area contributed by atoms with Crippen LogP contribution in [0.15, 0.2) is 124 Å². The van der Waals surface area contributed by atoms with Gasteiger partial charge in [-0.1, -0.05) is 101 Å². The maximum atomic E-state index is 7.16. The summed E-state index contributed by atoms with van der Waals surface area (Å²) in [6, 6.07) is 25.9. The number of benzene rings is 3. The monoisotopic (exact) mass is 580 g/mol. The average molecular weight is 582 g/mol. The Hall–Kier alpha value is -3.25. The molecule has 2 heterocycles. The topological polar surface area (TPSA) is 34.1 Å². The van der Waals surface area contributed by atoms with Gasteiger partial charge in [-0.15, -0.1) is 0 Å². The highest BCUT2D eigenvalue weighted by molar-refractivity contribution is 9.11. The van der Waals surface area contributed by atoms with E-state index in [1.54, 1.807) is 7.11 Å². The summed E-state index contributed by atoms with van der Waals surface area (Å²) in [6.45, 7) is 1.52. The van der Waals surface area contributed by atoms with E-state index in [-0.39, 0.29) is 12.0 Å². The van der Waals surface area contributed by atoms with Crippen LogP contribution in [0.5, 0.6) is 0 Å². The molecule has 0 spiro atoms. The minimum atomic E-state index is -0.640. The Morgan fingerprint density at radius 1 is 1.03 bits per heavy atom. The van der Waals surface area contributed by atoms with E-state index in [0.29, 0.717) is 12.6 Å². The molecule has 2 unspecified atom stereocenters. The number of allylic oxidation sites excluding steroid dienone is 4. The number of hydrogen-bond acceptors (Lipinski definition) is 4. The summed E-state index contributed by atoms with van der Waals surface area (Å²) in [7, 11) is 3.86. The highest BCUT2D eigenvalue weighted by Crippen LogP contribution is 2.52. The van der Waals surface area contributed by atoms with Crippen molar-refractivity contribution in [2.75, 3.05) is 27.4 Å². The molecule has 198 valence electrons. The lowest BCUT2D eigenvalue weighted by Crippen LogP contribution is -2.41. The number of ether oxygens (including phenoxy) is 2. The standard InChI is InChI=1S/C34H33BrN2O2/c1-37-20-10-19-34(39-23-37,30-17-8-14-24-11-6-7-16-28(24)30)32(25-12-4-3-5-13-25)29-22-26-21-27(35)15-9-18-31(26)36-33(29)38-2/h3-9,11-18,21-22,31-32H,10,19-20,23H2,1-2H3/t31?,32?,34-/m1/s1. The van der Waals surface area contributed by atoms with Gasteiger partial charge in [-0.05, 0) is 65.6 Å². The second-order valence-electron chi connectivity index (χ2n) is 10.5. The third-order valence-corrected chi connectivity index (χ3v) is 8.49. The van der Waals surface area contributed by atoms with Gasteiger partial charge < -0.3 is 9.47 Å². The van der Waals surface area contributed by atoms with Crippen molar-refractivity contribution in [3.63, 3.8) is 0 Å².